The van der Waals surface area contributed by atoms with Gasteiger partial charge in [-0.25, -0.2) is 0 Å². The molecule has 0 bridgehead atoms. The van der Waals surface area contributed by atoms with Crippen LogP contribution in [-0.2, 0) is 15.0 Å². The predicted octanol–water partition coefficient (Wildman–Crippen LogP) is 8.74. The summed E-state index contributed by atoms with van der Waals surface area (Å²) in [7, 11) is 0. The van der Waals surface area contributed by atoms with E-state index in [0.29, 0.717) is 0 Å². The standard InChI is InChI=1S/C35H53N3O3/c1-12-30(4,5)16-18-35(13-2,29-38-37-23-41-29)19-17-31(6,7)34(11)15-14-26-32(8,9)28(40)25(22-36)21-33(26,10)27(34)20-24(3)39/h20-21,23,26H,12-19H2,1-11H3/b27-20-/t26-,33-,34+,35-/m0/s1. The minimum Gasteiger partial charge on any atom is -0.427 e. The molecule has 1 fully saturated rings. The maximum absolute atomic E-state index is 13.3. The molecular weight excluding hydrogens is 510 g/mol. The van der Waals surface area contributed by atoms with Gasteiger partial charge < -0.3 is 4.42 Å². The molecule has 0 aliphatic heterocycles. The summed E-state index contributed by atoms with van der Waals surface area (Å²) < 4.78 is 5.89. The van der Waals surface area contributed by atoms with Crippen LogP contribution in [0.4, 0.5) is 0 Å². The summed E-state index contributed by atoms with van der Waals surface area (Å²) in [5, 5.41) is 18.4. The monoisotopic (exact) mass is 563 g/mol. The van der Waals surface area contributed by atoms with E-state index in [2.05, 4.69) is 71.7 Å². The highest BCUT2D eigenvalue weighted by Gasteiger charge is 2.61. The van der Waals surface area contributed by atoms with E-state index < -0.39 is 10.8 Å². The molecule has 0 spiro atoms. The Labute approximate surface area is 248 Å². The Hall–Kier alpha value is -2.55. The highest BCUT2D eigenvalue weighted by Crippen LogP contribution is 2.67. The Morgan fingerprint density at radius 3 is 2.24 bits per heavy atom. The lowest BCUT2D eigenvalue weighted by Gasteiger charge is -2.61. The van der Waals surface area contributed by atoms with Crippen LogP contribution in [0.1, 0.15) is 133 Å². The second-order valence-electron chi connectivity index (χ2n) is 15.4. The molecule has 6 heteroatoms. The van der Waals surface area contributed by atoms with Crippen LogP contribution in [0.2, 0.25) is 0 Å². The zero-order valence-electron chi connectivity index (χ0n) is 27.5. The molecule has 0 amide bonds. The number of hydrogen-bond donors (Lipinski definition) is 0. The van der Waals surface area contributed by atoms with Crippen LogP contribution in [0.15, 0.2) is 34.1 Å². The van der Waals surface area contributed by atoms with Crippen LogP contribution in [0, 0.1) is 44.3 Å². The van der Waals surface area contributed by atoms with Crippen LogP contribution in [-0.4, -0.2) is 21.8 Å². The topological polar surface area (TPSA) is 96.8 Å². The van der Waals surface area contributed by atoms with Gasteiger partial charge in [-0.15, -0.1) is 10.2 Å². The van der Waals surface area contributed by atoms with Crippen molar-refractivity contribution >= 4 is 11.6 Å². The van der Waals surface area contributed by atoms with Gasteiger partial charge in [0.15, 0.2) is 11.6 Å². The number of nitriles is 1. The van der Waals surface area contributed by atoms with Crippen LogP contribution >= 0.6 is 0 Å². The van der Waals surface area contributed by atoms with Crippen LogP contribution in [0.5, 0.6) is 0 Å². The lowest BCUT2D eigenvalue weighted by Crippen LogP contribution is -2.55. The van der Waals surface area contributed by atoms with Crippen LogP contribution < -0.4 is 0 Å². The van der Waals surface area contributed by atoms with Crippen molar-refractivity contribution in [3.63, 3.8) is 0 Å². The Balaban J connectivity index is 2.08. The van der Waals surface area contributed by atoms with Gasteiger partial charge >= 0.3 is 0 Å². The Bertz CT molecular complexity index is 1250. The minimum atomic E-state index is -0.683. The minimum absolute atomic E-state index is 0.000996. The molecule has 2 aliphatic rings. The van der Waals surface area contributed by atoms with E-state index in [4.69, 9.17) is 4.42 Å². The summed E-state index contributed by atoms with van der Waals surface area (Å²) in [5.74, 6) is 0.645. The first-order valence-corrected chi connectivity index (χ1v) is 15.5. The van der Waals surface area contributed by atoms with E-state index in [9.17, 15) is 14.9 Å². The van der Waals surface area contributed by atoms with Gasteiger partial charge in [0.05, 0.1) is 5.57 Å². The number of fused-ring (bicyclic) bond motifs is 1. The number of carbonyl (C=O) groups excluding carboxylic acids is 2. The quantitative estimate of drug-likeness (QED) is 0.250. The predicted molar refractivity (Wildman–Crippen MR) is 163 cm³/mol. The fraction of sp³-hybridized carbons (Fsp3) is 0.743. The number of hydrogen-bond acceptors (Lipinski definition) is 6. The summed E-state index contributed by atoms with van der Waals surface area (Å²) >= 11 is 0. The summed E-state index contributed by atoms with van der Waals surface area (Å²) in [5.41, 5.74) is -0.513. The van der Waals surface area contributed by atoms with Crippen LogP contribution in [0.25, 0.3) is 0 Å². The van der Waals surface area contributed by atoms with Gasteiger partial charge in [-0.2, -0.15) is 5.26 Å². The third-order valence-electron chi connectivity index (χ3n) is 11.9. The van der Waals surface area contributed by atoms with Gasteiger partial charge in [0.1, 0.15) is 6.07 Å². The molecule has 1 heterocycles. The number of carbonyl (C=O) groups is 2. The normalized spacial score (nSPS) is 28.9. The summed E-state index contributed by atoms with van der Waals surface area (Å²) in [6, 6.07) is 2.18. The number of allylic oxidation sites excluding steroid dienone is 4. The summed E-state index contributed by atoms with van der Waals surface area (Å²) in [4.78, 5) is 26.1. The Kier molecular flexibility index (Phi) is 9.06. The third kappa shape index (κ3) is 5.75. The molecule has 4 atom stereocenters. The highest BCUT2D eigenvalue weighted by atomic mass is 16.4. The van der Waals surface area contributed by atoms with Crippen molar-refractivity contribution < 1.29 is 14.0 Å². The zero-order chi connectivity index (χ0) is 31.1. The molecule has 0 saturated heterocycles. The molecular formula is C35H53N3O3. The third-order valence-corrected chi connectivity index (χ3v) is 11.9. The van der Waals surface area contributed by atoms with Gasteiger partial charge in [-0.1, -0.05) is 87.3 Å². The number of aromatic nitrogens is 2. The number of nitrogens with zero attached hydrogens (tertiary/aromatic N) is 3. The molecule has 6 nitrogen and oxygen atoms in total. The van der Waals surface area contributed by atoms with E-state index in [1.54, 1.807) is 6.92 Å². The molecule has 1 aromatic rings. The van der Waals surface area contributed by atoms with E-state index in [1.165, 1.54) is 6.39 Å². The van der Waals surface area contributed by atoms with E-state index >= 15 is 0 Å². The molecule has 1 aromatic heterocycles. The van der Waals surface area contributed by atoms with Crippen molar-refractivity contribution in [2.75, 3.05) is 0 Å². The smallest absolute Gasteiger partial charge is 0.222 e. The Morgan fingerprint density at radius 1 is 1.10 bits per heavy atom. The largest absolute Gasteiger partial charge is 0.427 e. The first-order chi connectivity index (χ1) is 18.9. The second kappa shape index (κ2) is 11.3. The van der Waals surface area contributed by atoms with E-state index in [1.807, 2.05) is 26.0 Å². The fourth-order valence-corrected chi connectivity index (χ4v) is 7.94. The Morgan fingerprint density at radius 2 is 1.73 bits per heavy atom. The summed E-state index contributed by atoms with van der Waals surface area (Å²) in [6.45, 7) is 23.8. The SMILES string of the molecule is CCC(C)(C)CC[C@@](CC)(CCC(C)(C)[C@]1(C)CC[C@H]2C(C)(C)C(=O)C(C#N)=C[C@]2(C)/C1=C/C(C)=O)c1nnco1. The number of ketones is 2. The molecule has 3 rings (SSSR count). The maximum Gasteiger partial charge on any atom is 0.222 e. The van der Waals surface area contributed by atoms with Crippen molar-refractivity contribution in [3.05, 3.63) is 35.6 Å². The van der Waals surface area contributed by atoms with Gasteiger partial charge in [0.2, 0.25) is 12.3 Å². The number of Topliss-reactive ketones (excluding diaryl/α,β-unsaturated/α-hetero) is 1. The molecule has 0 unspecified atom stereocenters. The van der Waals surface area contributed by atoms with Crippen molar-refractivity contribution in [1.82, 2.24) is 10.2 Å². The molecule has 0 radical (unpaired) electrons. The molecule has 1 saturated carbocycles. The maximum atomic E-state index is 13.3. The van der Waals surface area contributed by atoms with E-state index in [-0.39, 0.29) is 44.7 Å². The lowest BCUT2D eigenvalue weighted by atomic mass is 9.42. The average Bonchev–Trinajstić information content (AvgIpc) is 3.44. The van der Waals surface area contributed by atoms with Gasteiger partial charge in [-0.3, -0.25) is 9.59 Å². The first-order valence-electron chi connectivity index (χ1n) is 15.5. The molecule has 2 aliphatic carbocycles. The summed E-state index contributed by atoms with van der Waals surface area (Å²) in [6.07, 6.45) is 12.7. The lowest BCUT2D eigenvalue weighted by molar-refractivity contribution is -0.131. The van der Waals surface area contributed by atoms with Gasteiger partial charge in [0.25, 0.3) is 0 Å². The zero-order valence-corrected chi connectivity index (χ0v) is 27.5. The van der Waals surface area contributed by atoms with Crippen molar-refractivity contribution in [2.45, 2.75) is 133 Å². The fourth-order valence-electron chi connectivity index (χ4n) is 7.94. The van der Waals surface area contributed by atoms with Gasteiger partial charge in [0, 0.05) is 16.2 Å². The van der Waals surface area contributed by atoms with Gasteiger partial charge in [-0.05, 0) is 80.1 Å². The molecule has 226 valence electrons. The second-order valence-corrected chi connectivity index (χ2v) is 15.4. The van der Waals surface area contributed by atoms with Crippen molar-refractivity contribution in [2.24, 2.45) is 33.0 Å². The van der Waals surface area contributed by atoms with Crippen LogP contribution in [0.3, 0.4) is 0 Å². The number of rotatable bonds is 11. The average molecular weight is 564 g/mol. The van der Waals surface area contributed by atoms with E-state index in [0.717, 1.165) is 62.8 Å². The molecule has 0 aromatic carbocycles. The van der Waals surface area contributed by atoms with Crippen molar-refractivity contribution in [1.29, 1.82) is 5.26 Å². The molecule has 41 heavy (non-hydrogen) atoms. The van der Waals surface area contributed by atoms with Crippen molar-refractivity contribution in [3.8, 4) is 6.07 Å². The highest BCUT2D eigenvalue weighted by molar-refractivity contribution is 6.04. The first kappa shape index (κ1) is 33.0. The molecule has 0 N–H and O–H groups in total.